The molecule has 1 heterocycles. The lowest BCUT2D eigenvalue weighted by Crippen LogP contribution is -1.89. The molecule has 0 radical (unpaired) electrons. The fourth-order valence-corrected chi connectivity index (χ4v) is 2.19. The van der Waals surface area contributed by atoms with E-state index in [0.29, 0.717) is 10.7 Å². The first-order chi connectivity index (χ1) is 7.75. The van der Waals surface area contributed by atoms with Crippen molar-refractivity contribution in [1.29, 1.82) is 0 Å². The summed E-state index contributed by atoms with van der Waals surface area (Å²) in [6.07, 6.45) is 1.79. The molecule has 16 heavy (non-hydrogen) atoms. The fourth-order valence-electron chi connectivity index (χ4n) is 1.27. The first-order valence-corrected chi connectivity index (χ1v) is 6.20. The van der Waals surface area contributed by atoms with Crippen molar-refractivity contribution in [3.05, 3.63) is 53.2 Å². The number of aromatic nitrogens is 1. The van der Waals surface area contributed by atoms with E-state index in [0.717, 1.165) is 16.3 Å². The summed E-state index contributed by atoms with van der Waals surface area (Å²) in [5, 5.41) is 1.61. The highest BCUT2D eigenvalue weighted by atomic mass is 35.5. The zero-order valence-electron chi connectivity index (χ0n) is 8.56. The van der Waals surface area contributed by atoms with Gasteiger partial charge in [-0.3, -0.25) is 0 Å². The molecule has 0 bridgehead atoms. The predicted molar refractivity (Wildman–Crippen MR) is 69.7 cm³/mol. The average Bonchev–Trinajstić information content (AvgIpc) is 2.32. The van der Waals surface area contributed by atoms with Crippen molar-refractivity contribution in [2.24, 2.45) is 0 Å². The number of rotatable bonds is 3. The smallest absolute Gasteiger partial charge is 0.0963 e. The molecule has 4 heteroatoms. The molecule has 1 aromatic heterocycles. The molecule has 0 amide bonds. The minimum Gasteiger partial charge on any atom is -0.398 e. The SMILES string of the molecule is Nc1cc(CSc2ccccn2)ccc1Cl. The Balaban J connectivity index is 2.03. The van der Waals surface area contributed by atoms with Gasteiger partial charge in [-0.25, -0.2) is 4.98 Å². The van der Waals surface area contributed by atoms with E-state index in [9.17, 15) is 0 Å². The number of hydrogen-bond acceptors (Lipinski definition) is 3. The van der Waals surface area contributed by atoms with E-state index in [2.05, 4.69) is 4.98 Å². The lowest BCUT2D eigenvalue weighted by Gasteiger charge is -2.03. The van der Waals surface area contributed by atoms with Crippen LogP contribution in [0.3, 0.4) is 0 Å². The van der Waals surface area contributed by atoms with Gasteiger partial charge < -0.3 is 5.73 Å². The molecule has 0 unspecified atom stereocenters. The monoisotopic (exact) mass is 250 g/mol. The second kappa shape index (κ2) is 5.23. The van der Waals surface area contributed by atoms with Gasteiger partial charge in [-0.15, -0.1) is 11.8 Å². The summed E-state index contributed by atoms with van der Waals surface area (Å²) in [6, 6.07) is 11.6. The van der Waals surface area contributed by atoms with E-state index in [1.54, 1.807) is 18.0 Å². The first-order valence-electron chi connectivity index (χ1n) is 4.83. The normalized spacial score (nSPS) is 10.3. The number of nitrogens with zero attached hydrogens (tertiary/aromatic N) is 1. The highest BCUT2D eigenvalue weighted by molar-refractivity contribution is 7.98. The maximum Gasteiger partial charge on any atom is 0.0963 e. The van der Waals surface area contributed by atoms with Crippen LogP contribution in [-0.4, -0.2) is 4.98 Å². The third-order valence-corrected chi connectivity index (χ3v) is 3.44. The maximum atomic E-state index is 5.85. The van der Waals surface area contributed by atoms with Crippen LogP contribution in [0.2, 0.25) is 5.02 Å². The van der Waals surface area contributed by atoms with E-state index < -0.39 is 0 Å². The van der Waals surface area contributed by atoms with Crippen molar-refractivity contribution >= 4 is 29.1 Å². The Hall–Kier alpha value is -1.19. The van der Waals surface area contributed by atoms with Gasteiger partial charge in [0, 0.05) is 11.9 Å². The summed E-state index contributed by atoms with van der Waals surface area (Å²) in [5.41, 5.74) is 7.51. The molecular weight excluding hydrogens is 240 g/mol. The average molecular weight is 251 g/mol. The second-order valence-corrected chi connectivity index (χ2v) is 4.72. The largest absolute Gasteiger partial charge is 0.398 e. The number of hydrogen-bond donors (Lipinski definition) is 1. The third-order valence-electron chi connectivity index (χ3n) is 2.08. The van der Waals surface area contributed by atoms with Crippen LogP contribution in [-0.2, 0) is 5.75 Å². The molecule has 0 saturated carbocycles. The molecule has 1 aromatic carbocycles. The van der Waals surface area contributed by atoms with Crippen LogP contribution >= 0.6 is 23.4 Å². The number of nitrogen functional groups attached to an aromatic ring is 1. The van der Waals surface area contributed by atoms with Crippen LogP contribution in [0.1, 0.15) is 5.56 Å². The number of benzene rings is 1. The van der Waals surface area contributed by atoms with E-state index in [-0.39, 0.29) is 0 Å². The molecular formula is C12H11ClN2S. The minimum absolute atomic E-state index is 0.603. The molecule has 2 aromatic rings. The van der Waals surface area contributed by atoms with E-state index >= 15 is 0 Å². The molecule has 82 valence electrons. The molecule has 2 nitrogen and oxygen atoms in total. The van der Waals surface area contributed by atoms with Gasteiger partial charge >= 0.3 is 0 Å². The van der Waals surface area contributed by atoms with Crippen molar-refractivity contribution in [2.75, 3.05) is 5.73 Å². The Labute approximate surface area is 104 Å². The van der Waals surface area contributed by atoms with Crippen molar-refractivity contribution < 1.29 is 0 Å². The van der Waals surface area contributed by atoms with Crippen LogP contribution in [0.5, 0.6) is 0 Å². The predicted octanol–water partition coefficient (Wildman–Crippen LogP) is 3.61. The third kappa shape index (κ3) is 2.90. The van der Waals surface area contributed by atoms with Gasteiger partial charge in [0.1, 0.15) is 0 Å². The van der Waals surface area contributed by atoms with Crippen molar-refractivity contribution in [3.8, 4) is 0 Å². The Morgan fingerprint density at radius 1 is 1.25 bits per heavy atom. The fraction of sp³-hybridized carbons (Fsp3) is 0.0833. The number of halogens is 1. The van der Waals surface area contributed by atoms with Crippen LogP contribution in [0.25, 0.3) is 0 Å². The maximum absolute atomic E-state index is 5.85. The van der Waals surface area contributed by atoms with Crippen molar-refractivity contribution in [1.82, 2.24) is 4.98 Å². The Morgan fingerprint density at radius 3 is 2.81 bits per heavy atom. The van der Waals surface area contributed by atoms with Crippen LogP contribution in [0, 0.1) is 0 Å². The zero-order valence-corrected chi connectivity index (χ0v) is 10.1. The molecule has 0 atom stereocenters. The minimum atomic E-state index is 0.603. The Kier molecular flexibility index (Phi) is 3.70. The number of nitrogens with two attached hydrogens (primary N) is 1. The Bertz CT molecular complexity index is 474. The van der Waals surface area contributed by atoms with E-state index in [4.69, 9.17) is 17.3 Å². The van der Waals surface area contributed by atoms with Gasteiger partial charge in [-0.05, 0) is 29.8 Å². The molecule has 0 aliphatic rings. The quantitative estimate of drug-likeness (QED) is 0.668. The van der Waals surface area contributed by atoms with Crippen LogP contribution in [0.4, 0.5) is 5.69 Å². The summed E-state index contributed by atoms with van der Waals surface area (Å²) >= 11 is 7.53. The summed E-state index contributed by atoms with van der Waals surface area (Å²) in [6.45, 7) is 0. The van der Waals surface area contributed by atoms with Gasteiger partial charge in [0.15, 0.2) is 0 Å². The molecule has 0 spiro atoms. The lowest BCUT2D eigenvalue weighted by molar-refractivity contribution is 1.13. The number of pyridine rings is 1. The van der Waals surface area contributed by atoms with Gasteiger partial charge in [0.05, 0.1) is 15.7 Å². The summed E-state index contributed by atoms with van der Waals surface area (Å²) in [4.78, 5) is 4.24. The van der Waals surface area contributed by atoms with Gasteiger partial charge in [-0.2, -0.15) is 0 Å². The molecule has 2 N–H and O–H groups in total. The lowest BCUT2D eigenvalue weighted by atomic mass is 10.2. The van der Waals surface area contributed by atoms with Gasteiger partial charge in [0.2, 0.25) is 0 Å². The Morgan fingerprint density at radius 2 is 2.12 bits per heavy atom. The summed E-state index contributed by atoms with van der Waals surface area (Å²) in [7, 11) is 0. The number of anilines is 1. The molecule has 2 rings (SSSR count). The highest BCUT2D eigenvalue weighted by Crippen LogP contribution is 2.24. The standard InChI is InChI=1S/C12H11ClN2S/c13-10-5-4-9(7-11(10)14)8-16-12-3-1-2-6-15-12/h1-7H,8,14H2. The number of thioether (sulfide) groups is 1. The van der Waals surface area contributed by atoms with Crippen molar-refractivity contribution in [2.45, 2.75) is 10.8 Å². The molecule has 0 fully saturated rings. The van der Waals surface area contributed by atoms with E-state index in [1.807, 2.05) is 36.4 Å². The highest BCUT2D eigenvalue weighted by Gasteiger charge is 2.00. The summed E-state index contributed by atoms with van der Waals surface area (Å²) < 4.78 is 0. The topological polar surface area (TPSA) is 38.9 Å². The second-order valence-electron chi connectivity index (χ2n) is 3.31. The first kappa shape index (κ1) is 11.3. The van der Waals surface area contributed by atoms with Crippen molar-refractivity contribution in [3.63, 3.8) is 0 Å². The van der Waals surface area contributed by atoms with Crippen LogP contribution < -0.4 is 5.73 Å². The van der Waals surface area contributed by atoms with Crippen LogP contribution in [0.15, 0.2) is 47.6 Å². The molecule has 0 aliphatic carbocycles. The molecule has 0 aliphatic heterocycles. The van der Waals surface area contributed by atoms with E-state index in [1.165, 1.54) is 0 Å². The summed E-state index contributed by atoms with van der Waals surface area (Å²) in [5.74, 6) is 0.846. The zero-order chi connectivity index (χ0) is 11.4. The van der Waals surface area contributed by atoms with Gasteiger partial charge in [-0.1, -0.05) is 23.7 Å². The molecule has 0 saturated heterocycles. The van der Waals surface area contributed by atoms with Gasteiger partial charge in [0.25, 0.3) is 0 Å².